The molecule has 0 aromatic carbocycles. The van der Waals surface area contributed by atoms with Crippen LogP contribution < -0.4 is 16.0 Å². The normalized spacial score (nSPS) is 21.1. The molecule has 2 rings (SSSR count). The molecule has 29 heavy (non-hydrogen) atoms. The average Bonchev–Trinajstić information content (AvgIpc) is 2.69. The number of rotatable bonds is 7. The number of nitrogens with zero attached hydrogens (tertiary/aromatic N) is 1. The lowest BCUT2D eigenvalue weighted by Crippen LogP contribution is -2.50. The van der Waals surface area contributed by atoms with Crippen molar-refractivity contribution in [2.75, 3.05) is 32.7 Å². The molecule has 0 saturated carbocycles. The van der Waals surface area contributed by atoms with Gasteiger partial charge in [0.1, 0.15) is 6.04 Å². The molecule has 2 atom stereocenters. The van der Waals surface area contributed by atoms with Crippen LogP contribution in [0.15, 0.2) is 12.2 Å². The summed E-state index contributed by atoms with van der Waals surface area (Å²) in [6.07, 6.45) is 7.00. The quantitative estimate of drug-likeness (QED) is 0.418. The van der Waals surface area contributed by atoms with Crippen molar-refractivity contribution in [1.29, 1.82) is 0 Å². The first-order valence-corrected chi connectivity index (χ1v) is 9.82. The summed E-state index contributed by atoms with van der Waals surface area (Å²) >= 11 is 0. The highest BCUT2D eigenvalue weighted by atomic mass is 35.5. The molecule has 2 aliphatic heterocycles. The summed E-state index contributed by atoms with van der Waals surface area (Å²) < 4.78 is 0. The third kappa shape index (κ3) is 8.41. The fraction of sp³-hybridized carbons (Fsp3) is 0.684. The van der Waals surface area contributed by atoms with Crippen molar-refractivity contribution in [2.24, 2.45) is 11.8 Å². The van der Waals surface area contributed by atoms with Crippen LogP contribution in [0.4, 0.5) is 0 Å². The maximum atomic E-state index is 12.5. The molecule has 4 N–H and O–H groups in total. The Labute approximate surface area is 177 Å². The number of allylic oxidation sites excluding steroid dienone is 1. The minimum Gasteiger partial charge on any atom is -0.480 e. The molecule has 2 heterocycles. The standard InChI is InChI=1S/C19H30N4O5.ClH/c1-13(24)22-16(19(27)28)11-21-18(26)15-3-2-10-23(12-15)17(25)5-4-14-6-8-20-9-7-14;/h4-5,14-16,20H,2-3,6-12H2,1H3,(H,21,26)(H,22,24)(H,27,28);1H/b5-4+;/t15-,16+;/m1./s1. The van der Waals surface area contributed by atoms with Gasteiger partial charge >= 0.3 is 5.97 Å². The fourth-order valence-electron chi connectivity index (χ4n) is 3.54. The second-order valence-corrected chi connectivity index (χ2v) is 7.41. The molecule has 0 aromatic rings. The summed E-state index contributed by atoms with van der Waals surface area (Å²) in [4.78, 5) is 48.7. The molecule has 10 heteroatoms. The predicted molar refractivity (Wildman–Crippen MR) is 110 cm³/mol. The predicted octanol–water partition coefficient (Wildman–Crippen LogP) is -0.0919. The summed E-state index contributed by atoms with van der Waals surface area (Å²) in [5.74, 6) is -2.03. The van der Waals surface area contributed by atoms with E-state index in [4.69, 9.17) is 5.11 Å². The topological polar surface area (TPSA) is 128 Å². The Hall–Kier alpha value is -2.13. The minimum atomic E-state index is -1.21. The van der Waals surface area contributed by atoms with Crippen LogP contribution >= 0.6 is 12.4 Å². The zero-order valence-electron chi connectivity index (χ0n) is 16.7. The van der Waals surface area contributed by atoms with Gasteiger partial charge in [-0.1, -0.05) is 6.08 Å². The Morgan fingerprint density at radius 3 is 2.52 bits per heavy atom. The van der Waals surface area contributed by atoms with Gasteiger partial charge in [-0.15, -0.1) is 12.4 Å². The molecule has 164 valence electrons. The van der Waals surface area contributed by atoms with Gasteiger partial charge in [0, 0.05) is 26.6 Å². The number of amides is 3. The third-order valence-corrected chi connectivity index (χ3v) is 5.15. The average molecular weight is 431 g/mol. The van der Waals surface area contributed by atoms with Crippen LogP contribution in [0.2, 0.25) is 0 Å². The Kier molecular flexibility index (Phi) is 10.7. The number of carboxylic acids is 1. The molecule has 9 nitrogen and oxygen atoms in total. The summed E-state index contributed by atoms with van der Waals surface area (Å²) in [5, 5.41) is 17.2. The summed E-state index contributed by atoms with van der Waals surface area (Å²) in [6.45, 7) is 3.89. The lowest BCUT2D eigenvalue weighted by atomic mass is 9.96. The highest BCUT2D eigenvalue weighted by molar-refractivity contribution is 5.89. The van der Waals surface area contributed by atoms with Gasteiger partial charge in [0.2, 0.25) is 17.7 Å². The van der Waals surface area contributed by atoms with E-state index in [2.05, 4.69) is 16.0 Å². The lowest BCUT2D eigenvalue weighted by molar-refractivity contribution is -0.141. The summed E-state index contributed by atoms with van der Waals surface area (Å²) in [6, 6.07) is -1.17. The zero-order valence-corrected chi connectivity index (χ0v) is 17.5. The second-order valence-electron chi connectivity index (χ2n) is 7.41. The number of hydrogen-bond donors (Lipinski definition) is 4. The first kappa shape index (κ1) is 24.9. The molecule has 0 radical (unpaired) electrons. The molecular weight excluding hydrogens is 400 g/mol. The van der Waals surface area contributed by atoms with E-state index in [-0.39, 0.29) is 36.7 Å². The van der Waals surface area contributed by atoms with Gasteiger partial charge in [0.15, 0.2) is 0 Å². The van der Waals surface area contributed by atoms with Crippen LogP contribution in [0.1, 0.15) is 32.6 Å². The third-order valence-electron chi connectivity index (χ3n) is 5.15. The number of likely N-dealkylation sites (tertiary alicyclic amines) is 1. The molecule has 0 unspecified atom stereocenters. The van der Waals surface area contributed by atoms with E-state index < -0.39 is 17.9 Å². The van der Waals surface area contributed by atoms with E-state index in [0.29, 0.717) is 25.4 Å². The highest BCUT2D eigenvalue weighted by Crippen LogP contribution is 2.18. The van der Waals surface area contributed by atoms with Crippen molar-refractivity contribution in [3.05, 3.63) is 12.2 Å². The largest absolute Gasteiger partial charge is 0.480 e. The molecule has 0 aromatic heterocycles. The molecule has 0 spiro atoms. The minimum absolute atomic E-state index is 0. The smallest absolute Gasteiger partial charge is 0.328 e. The van der Waals surface area contributed by atoms with Crippen molar-refractivity contribution < 1.29 is 24.3 Å². The molecule has 3 amide bonds. The van der Waals surface area contributed by atoms with Gasteiger partial charge < -0.3 is 26.0 Å². The second kappa shape index (κ2) is 12.4. The van der Waals surface area contributed by atoms with Crippen LogP contribution in [-0.2, 0) is 19.2 Å². The van der Waals surface area contributed by atoms with Crippen LogP contribution in [-0.4, -0.2) is 72.5 Å². The number of carbonyl (C=O) groups excluding carboxylic acids is 3. The Balaban J connectivity index is 0.00000420. The van der Waals surface area contributed by atoms with Crippen molar-refractivity contribution in [2.45, 2.75) is 38.6 Å². The van der Waals surface area contributed by atoms with Gasteiger partial charge in [-0.3, -0.25) is 14.4 Å². The van der Waals surface area contributed by atoms with Crippen LogP contribution in [0.5, 0.6) is 0 Å². The van der Waals surface area contributed by atoms with Gasteiger partial charge in [-0.2, -0.15) is 0 Å². The SMILES string of the molecule is CC(=O)N[C@@H](CNC(=O)[C@@H]1CCCN(C(=O)/C=C/C2CCNCC2)C1)C(=O)O.Cl. The lowest BCUT2D eigenvalue weighted by Gasteiger charge is -2.31. The molecule has 2 aliphatic rings. The Morgan fingerprint density at radius 2 is 1.90 bits per heavy atom. The van der Waals surface area contributed by atoms with E-state index in [9.17, 15) is 19.2 Å². The highest BCUT2D eigenvalue weighted by Gasteiger charge is 2.29. The van der Waals surface area contributed by atoms with E-state index >= 15 is 0 Å². The van der Waals surface area contributed by atoms with Crippen LogP contribution in [0, 0.1) is 11.8 Å². The van der Waals surface area contributed by atoms with Gasteiger partial charge in [0.05, 0.1) is 5.92 Å². The van der Waals surface area contributed by atoms with Crippen molar-refractivity contribution in [3.8, 4) is 0 Å². The number of carbonyl (C=O) groups is 4. The number of halogens is 1. The number of hydrogen-bond acceptors (Lipinski definition) is 5. The molecule has 0 bridgehead atoms. The number of piperidine rings is 2. The molecule has 2 saturated heterocycles. The van der Waals surface area contributed by atoms with Crippen LogP contribution in [0.25, 0.3) is 0 Å². The summed E-state index contributed by atoms with van der Waals surface area (Å²) in [7, 11) is 0. The van der Waals surface area contributed by atoms with Crippen molar-refractivity contribution in [1.82, 2.24) is 20.9 Å². The maximum absolute atomic E-state index is 12.5. The van der Waals surface area contributed by atoms with E-state index in [1.54, 1.807) is 11.0 Å². The van der Waals surface area contributed by atoms with E-state index in [0.717, 1.165) is 32.4 Å². The molecule has 2 fully saturated rings. The zero-order chi connectivity index (χ0) is 20.5. The first-order chi connectivity index (χ1) is 13.4. The van der Waals surface area contributed by atoms with Crippen LogP contribution in [0.3, 0.4) is 0 Å². The van der Waals surface area contributed by atoms with E-state index in [1.807, 2.05) is 6.08 Å². The Bertz CT molecular complexity index is 622. The number of nitrogens with one attached hydrogen (secondary N) is 3. The first-order valence-electron chi connectivity index (χ1n) is 9.82. The van der Waals surface area contributed by atoms with Crippen molar-refractivity contribution >= 4 is 36.1 Å². The van der Waals surface area contributed by atoms with E-state index in [1.165, 1.54) is 6.92 Å². The molecular formula is C19H31ClN4O5. The fourth-order valence-corrected chi connectivity index (χ4v) is 3.54. The number of aliphatic carboxylic acids is 1. The Morgan fingerprint density at radius 1 is 1.21 bits per heavy atom. The molecule has 0 aliphatic carbocycles. The monoisotopic (exact) mass is 430 g/mol. The van der Waals surface area contributed by atoms with Crippen molar-refractivity contribution in [3.63, 3.8) is 0 Å². The van der Waals surface area contributed by atoms with Gasteiger partial charge in [-0.05, 0) is 50.8 Å². The van der Waals surface area contributed by atoms with Gasteiger partial charge in [-0.25, -0.2) is 4.79 Å². The van der Waals surface area contributed by atoms with Gasteiger partial charge in [0.25, 0.3) is 0 Å². The number of carboxylic acid groups (broad SMARTS) is 1. The maximum Gasteiger partial charge on any atom is 0.328 e. The summed E-state index contributed by atoms with van der Waals surface area (Å²) in [5.41, 5.74) is 0.